The number of hydrogen-bond donors (Lipinski definition) is 1. The van der Waals surface area contributed by atoms with Crippen LogP contribution in [0.1, 0.15) is 10.4 Å². The fraction of sp³-hybridized carbons (Fsp3) is 0.176. The summed E-state index contributed by atoms with van der Waals surface area (Å²) in [7, 11) is 2.97. The molecule has 0 fully saturated rings. The predicted molar refractivity (Wildman–Crippen MR) is 92.6 cm³/mol. The third-order valence-corrected chi connectivity index (χ3v) is 3.79. The lowest BCUT2D eigenvalue weighted by molar-refractivity contribution is -0.119. The minimum atomic E-state index is -0.627. The first-order chi connectivity index (χ1) is 11.5. The van der Waals surface area contributed by atoms with Gasteiger partial charge in [0.25, 0.3) is 5.91 Å². The summed E-state index contributed by atoms with van der Waals surface area (Å²) in [6.07, 6.45) is 0. The summed E-state index contributed by atoms with van der Waals surface area (Å²) in [6.45, 7) is -0.394. The first kappa shape index (κ1) is 17.8. The smallest absolute Gasteiger partial charge is 0.338 e. The van der Waals surface area contributed by atoms with Crippen molar-refractivity contribution < 1.29 is 23.8 Å². The zero-order chi connectivity index (χ0) is 17.5. The number of nitrogens with one attached hydrogen (secondary N) is 1. The monoisotopic (exact) mass is 393 g/mol. The minimum absolute atomic E-state index is 0.265. The SMILES string of the molecule is COc1ccc(C(=O)OCC(=O)Nc2ccccc2Br)cc1OC. The normalized spacial score (nSPS) is 9.96. The largest absolute Gasteiger partial charge is 0.493 e. The second kappa shape index (κ2) is 8.35. The summed E-state index contributed by atoms with van der Waals surface area (Å²) in [5.41, 5.74) is 0.867. The van der Waals surface area contributed by atoms with Crippen LogP contribution in [-0.2, 0) is 9.53 Å². The molecule has 1 N–H and O–H groups in total. The standard InChI is InChI=1S/C17H16BrNO5/c1-22-14-8-7-11(9-15(14)23-2)17(21)24-10-16(20)19-13-6-4-3-5-12(13)18/h3-9H,10H2,1-2H3,(H,19,20). The number of hydrogen-bond acceptors (Lipinski definition) is 5. The molecular formula is C17H16BrNO5. The fourth-order valence-corrected chi connectivity index (χ4v) is 2.31. The lowest BCUT2D eigenvalue weighted by Gasteiger charge is -2.10. The molecule has 0 aliphatic heterocycles. The lowest BCUT2D eigenvalue weighted by Crippen LogP contribution is -2.21. The van der Waals surface area contributed by atoms with Crippen LogP contribution in [0.3, 0.4) is 0 Å². The summed E-state index contributed by atoms with van der Waals surface area (Å²) in [5.74, 6) is -0.153. The van der Waals surface area contributed by atoms with Gasteiger partial charge in [-0.1, -0.05) is 12.1 Å². The van der Waals surface area contributed by atoms with Gasteiger partial charge in [-0.2, -0.15) is 0 Å². The van der Waals surface area contributed by atoms with Crippen LogP contribution in [0, 0.1) is 0 Å². The van der Waals surface area contributed by atoms with Crippen molar-refractivity contribution in [2.45, 2.75) is 0 Å². The molecule has 0 aliphatic rings. The van der Waals surface area contributed by atoms with Crippen molar-refractivity contribution in [3.63, 3.8) is 0 Å². The maximum atomic E-state index is 12.0. The highest BCUT2D eigenvalue weighted by atomic mass is 79.9. The molecule has 0 unspecified atom stereocenters. The van der Waals surface area contributed by atoms with Crippen LogP contribution >= 0.6 is 15.9 Å². The van der Waals surface area contributed by atoms with Crippen molar-refractivity contribution >= 4 is 33.5 Å². The Balaban J connectivity index is 1.95. The Bertz CT molecular complexity index is 748. The Hall–Kier alpha value is -2.54. The number of carbonyl (C=O) groups is 2. The third-order valence-electron chi connectivity index (χ3n) is 3.10. The van der Waals surface area contributed by atoms with Gasteiger partial charge in [0.15, 0.2) is 18.1 Å². The molecule has 0 bridgehead atoms. The predicted octanol–water partition coefficient (Wildman–Crippen LogP) is 3.26. The van der Waals surface area contributed by atoms with Crippen LogP contribution in [-0.4, -0.2) is 32.7 Å². The van der Waals surface area contributed by atoms with Crippen LogP contribution in [0.15, 0.2) is 46.9 Å². The van der Waals surface area contributed by atoms with Gasteiger partial charge in [0.2, 0.25) is 0 Å². The van der Waals surface area contributed by atoms with Crippen molar-refractivity contribution in [3.05, 3.63) is 52.5 Å². The van der Waals surface area contributed by atoms with E-state index >= 15 is 0 Å². The van der Waals surface area contributed by atoms with Crippen LogP contribution < -0.4 is 14.8 Å². The Kier molecular flexibility index (Phi) is 6.20. The lowest BCUT2D eigenvalue weighted by atomic mass is 10.2. The van der Waals surface area contributed by atoms with Crippen molar-refractivity contribution in [3.8, 4) is 11.5 Å². The molecular weight excluding hydrogens is 378 g/mol. The maximum absolute atomic E-state index is 12.0. The zero-order valence-electron chi connectivity index (χ0n) is 13.2. The molecule has 1 amide bonds. The molecule has 0 saturated carbocycles. The molecule has 0 radical (unpaired) electrons. The summed E-state index contributed by atoms with van der Waals surface area (Å²) >= 11 is 3.32. The molecule has 2 rings (SSSR count). The number of anilines is 1. The number of amides is 1. The minimum Gasteiger partial charge on any atom is -0.493 e. The second-order valence-corrected chi connectivity index (χ2v) is 5.53. The quantitative estimate of drug-likeness (QED) is 0.762. The second-order valence-electron chi connectivity index (χ2n) is 4.67. The van der Waals surface area contributed by atoms with Gasteiger partial charge in [-0.25, -0.2) is 4.79 Å². The van der Waals surface area contributed by atoms with Gasteiger partial charge in [0.1, 0.15) is 0 Å². The van der Waals surface area contributed by atoms with Gasteiger partial charge in [0.05, 0.1) is 25.5 Å². The summed E-state index contributed by atoms with van der Waals surface area (Å²) in [4.78, 5) is 23.9. The Morgan fingerprint density at radius 2 is 1.75 bits per heavy atom. The number of para-hydroxylation sites is 1. The van der Waals surface area contributed by atoms with Gasteiger partial charge in [-0.15, -0.1) is 0 Å². The van der Waals surface area contributed by atoms with Crippen molar-refractivity contribution in [1.29, 1.82) is 0 Å². The number of ether oxygens (including phenoxy) is 3. The van der Waals surface area contributed by atoms with E-state index in [-0.39, 0.29) is 5.56 Å². The van der Waals surface area contributed by atoms with Gasteiger partial charge in [0, 0.05) is 4.47 Å². The molecule has 6 nitrogen and oxygen atoms in total. The van der Waals surface area contributed by atoms with Crippen molar-refractivity contribution in [1.82, 2.24) is 0 Å². The van der Waals surface area contributed by atoms with E-state index in [1.54, 1.807) is 24.3 Å². The highest BCUT2D eigenvalue weighted by Crippen LogP contribution is 2.27. The molecule has 2 aromatic carbocycles. The molecule has 2 aromatic rings. The van der Waals surface area contributed by atoms with Crippen molar-refractivity contribution in [2.24, 2.45) is 0 Å². The van der Waals surface area contributed by atoms with E-state index in [0.717, 1.165) is 4.47 Å². The highest BCUT2D eigenvalue weighted by Gasteiger charge is 2.14. The maximum Gasteiger partial charge on any atom is 0.338 e. The summed E-state index contributed by atoms with van der Waals surface area (Å²) < 4.78 is 16.0. The first-order valence-electron chi connectivity index (χ1n) is 6.98. The number of benzene rings is 2. The summed E-state index contributed by atoms with van der Waals surface area (Å²) in [5, 5.41) is 2.65. The van der Waals surface area contributed by atoms with Crippen molar-refractivity contribution in [2.75, 3.05) is 26.1 Å². The van der Waals surface area contributed by atoms with Gasteiger partial charge >= 0.3 is 5.97 Å². The van der Waals surface area contributed by atoms with E-state index in [2.05, 4.69) is 21.2 Å². The highest BCUT2D eigenvalue weighted by molar-refractivity contribution is 9.10. The molecule has 7 heteroatoms. The Morgan fingerprint density at radius 1 is 1.04 bits per heavy atom. The number of halogens is 1. The summed E-state index contributed by atoms with van der Waals surface area (Å²) in [6, 6.07) is 11.8. The Labute approximate surface area is 147 Å². The molecule has 0 aromatic heterocycles. The van der Waals surface area contributed by atoms with Gasteiger partial charge < -0.3 is 19.5 Å². The van der Waals surface area contributed by atoms with Gasteiger partial charge in [-0.05, 0) is 46.3 Å². The number of carbonyl (C=O) groups excluding carboxylic acids is 2. The van der Waals surface area contributed by atoms with E-state index in [1.165, 1.54) is 26.4 Å². The molecule has 0 spiro atoms. The molecule has 0 atom stereocenters. The van der Waals surface area contributed by atoms with E-state index < -0.39 is 18.5 Å². The van der Waals surface area contributed by atoms with Crippen LogP contribution in [0.4, 0.5) is 5.69 Å². The number of esters is 1. The average molecular weight is 394 g/mol. The number of rotatable bonds is 6. The fourth-order valence-electron chi connectivity index (χ4n) is 1.93. The molecule has 126 valence electrons. The third kappa shape index (κ3) is 4.48. The zero-order valence-corrected chi connectivity index (χ0v) is 14.8. The van der Waals surface area contributed by atoms with Gasteiger partial charge in [-0.3, -0.25) is 4.79 Å². The molecule has 0 saturated heterocycles. The topological polar surface area (TPSA) is 73.9 Å². The molecule has 24 heavy (non-hydrogen) atoms. The van der Waals surface area contributed by atoms with Crippen LogP contribution in [0.2, 0.25) is 0 Å². The van der Waals surface area contributed by atoms with E-state index in [0.29, 0.717) is 17.2 Å². The molecule has 0 heterocycles. The van der Waals surface area contributed by atoms with Crippen LogP contribution in [0.25, 0.3) is 0 Å². The van der Waals surface area contributed by atoms with Crippen LogP contribution in [0.5, 0.6) is 11.5 Å². The Morgan fingerprint density at radius 3 is 2.42 bits per heavy atom. The average Bonchev–Trinajstić information content (AvgIpc) is 2.61. The molecule has 0 aliphatic carbocycles. The van der Waals surface area contributed by atoms with E-state index in [4.69, 9.17) is 14.2 Å². The first-order valence-corrected chi connectivity index (χ1v) is 7.78. The van der Waals surface area contributed by atoms with E-state index in [9.17, 15) is 9.59 Å². The number of methoxy groups -OCH3 is 2. The van der Waals surface area contributed by atoms with E-state index in [1.807, 2.05) is 6.07 Å².